The summed E-state index contributed by atoms with van der Waals surface area (Å²) < 4.78 is 0. The zero-order valence-corrected chi connectivity index (χ0v) is 25.2. The Bertz CT molecular complexity index is 1490. The molecular weight excluding hydrogens is 538 g/mol. The summed E-state index contributed by atoms with van der Waals surface area (Å²) in [4.78, 5) is 32.5. The molecule has 8 heteroatoms. The van der Waals surface area contributed by atoms with E-state index >= 15 is 0 Å². The minimum atomic E-state index is -0.0458. The fourth-order valence-electron chi connectivity index (χ4n) is 8.98. The first-order chi connectivity index (χ1) is 20.7. The van der Waals surface area contributed by atoms with Crippen LogP contribution in [0, 0.1) is 30.1 Å². The van der Waals surface area contributed by atoms with Crippen LogP contribution in [0.25, 0.3) is 11.1 Å². The van der Waals surface area contributed by atoms with E-state index in [9.17, 15) is 14.7 Å². The predicted molar refractivity (Wildman–Crippen MR) is 166 cm³/mol. The lowest BCUT2D eigenvalue weighted by molar-refractivity contribution is -0.0629. The maximum atomic E-state index is 13.3. The smallest absolute Gasteiger partial charge is 0.274 e. The number of piperazine rings is 1. The quantitative estimate of drug-likeness (QED) is 0.420. The Labute approximate surface area is 253 Å². The molecule has 2 aromatic carbocycles. The van der Waals surface area contributed by atoms with Crippen molar-refractivity contribution in [2.24, 2.45) is 23.2 Å². The monoisotopic (exact) mass is 579 g/mol. The number of rotatable bonds is 6. The summed E-state index contributed by atoms with van der Waals surface area (Å²) >= 11 is 0. The summed E-state index contributed by atoms with van der Waals surface area (Å²) in [5, 5.41) is 18.6. The second-order valence-corrected chi connectivity index (χ2v) is 13.7. The van der Waals surface area contributed by atoms with E-state index in [1.54, 1.807) is 18.2 Å². The second-order valence-electron chi connectivity index (χ2n) is 13.7. The summed E-state index contributed by atoms with van der Waals surface area (Å²) in [6, 6.07) is 16.6. The number of aryl methyl sites for hydroxylation is 1. The summed E-state index contributed by atoms with van der Waals surface area (Å²) in [6.45, 7) is 5.29. The summed E-state index contributed by atoms with van der Waals surface area (Å²) in [5.74, 6) is 3.52. The molecule has 1 saturated heterocycles. The van der Waals surface area contributed by atoms with Crippen LogP contribution >= 0.6 is 0 Å². The Balaban J connectivity index is 0.943. The van der Waals surface area contributed by atoms with Crippen molar-refractivity contribution in [3.63, 3.8) is 0 Å². The molecule has 2 heterocycles. The normalized spacial score (nSPS) is 26.0. The molecule has 0 spiro atoms. The number of nitrogens with zero attached hydrogens (tertiary/aromatic N) is 5. The number of aromatic hydroxyl groups is 1. The van der Waals surface area contributed by atoms with Gasteiger partial charge in [0, 0.05) is 45.3 Å². The molecule has 1 aromatic heterocycles. The molecule has 0 atom stereocenters. The Morgan fingerprint density at radius 2 is 1.60 bits per heavy atom. The average molecular weight is 580 g/mol. The van der Waals surface area contributed by atoms with Crippen LogP contribution in [0.1, 0.15) is 64.9 Å². The van der Waals surface area contributed by atoms with Crippen LogP contribution in [0.5, 0.6) is 5.75 Å². The molecule has 8 nitrogen and oxygen atoms in total. The lowest BCUT2D eigenvalue weighted by Crippen LogP contribution is -2.51. The summed E-state index contributed by atoms with van der Waals surface area (Å²) in [6.07, 6.45) is 8.04. The number of anilines is 1. The first-order valence-corrected chi connectivity index (χ1v) is 15.8. The number of carbonyl (C=O) groups excluding carboxylic acids is 2. The van der Waals surface area contributed by atoms with Gasteiger partial charge >= 0.3 is 0 Å². The molecule has 5 fully saturated rings. The maximum absolute atomic E-state index is 13.3. The molecule has 224 valence electrons. The zero-order chi connectivity index (χ0) is 29.7. The number of phenolic OH excluding ortho intramolecular Hbond substituents is 1. The van der Waals surface area contributed by atoms with Crippen molar-refractivity contribution in [3.05, 3.63) is 71.4 Å². The lowest BCUT2D eigenvalue weighted by atomic mass is 9.49. The SMILES string of the molecule is Cc1cc(C(=O)N2CCN(c3ccc(C(=O)N(C)CC45CC6CC(CC(C6)C4)C5)nn3)CC2)ccc1-c1cccc(O)c1. The number of phenols is 1. The Morgan fingerprint density at radius 1 is 0.907 bits per heavy atom. The van der Waals surface area contributed by atoms with Crippen LogP contribution < -0.4 is 4.90 Å². The maximum Gasteiger partial charge on any atom is 0.274 e. The van der Waals surface area contributed by atoms with E-state index < -0.39 is 0 Å². The third kappa shape index (κ3) is 5.48. The molecule has 4 bridgehead atoms. The van der Waals surface area contributed by atoms with Gasteiger partial charge in [0.05, 0.1) is 0 Å². The number of hydrogen-bond acceptors (Lipinski definition) is 6. The van der Waals surface area contributed by atoms with E-state index in [0.29, 0.717) is 42.9 Å². The fourth-order valence-corrected chi connectivity index (χ4v) is 8.98. The van der Waals surface area contributed by atoms with Crippen molar-refractivity contribution in [3.8, 4) is 16.9 Å². The number of aromatic nitrogens is 2. The molecule has 5 aliphatic rings. The van der Waals surface area contributed by atoms with Gasteiger partial charge < -0.3 is 19.8 Å². The van der Waals surface area contributed by atoms with Crippen LogP contribution in [0.2, 0.25) is 0 Å². The molecule has 4 saturated carbocycles. The topological polar surface area (TPSA) is 89.9 Å². The minimum Gasteiger partial charge on any atom is -0.508 e. The van der Waals surface area contributed by atoms with Crippen LogP contribution in [0.4, 0.5) is 5.82 Å². The molecule has 0 unspecified atom stereocenters. The molecule has 0 radical (unpaired) electrons. The largest absolute Gasteiger partial charge is 0.508 e. The van der Waals surface area contributed by atoms with Gasteiger partial charge in [-0.1, -0.05) is 18.2 Å². The third-order valence-electron chi connectivity index (χ3n) is 10.5. The highest BCUT2D eigenvalue weighted by Crippen LogP contribution is 2.60. The van der Waals surface area contributed by atoms with Crippen molar-refractivity contribution in [1.82, 2.24) is 20.0 Å². The molecule has 4 aliphatic carbocycles. The first kappa shape index (κ1) is 27.9. The van der Waals surface area contributed by atoms with Crippen molar-refractivity contribution < 1.29 is 14.7 Å². The van der Waals surface area contributed by atoms with Crippen molar-refractivity contribution in [2.45, 2.75) is 45.4 Å². The van der Waals surface area contributed by atoms with Crippen molar-refractivity contribution >= 4 is 17.6 Å². The molecule has 8 rings (SSSR count). The van der Waals surface area contributed by atoms with Crippen LogP contribution in [-0.2, 0) is 0 Å². The lowest BCUT2D eigenvalue weighted by Gasteiger charge is -2.57. The van der Waals surface area contributed by atoms with E-state index in [1.165, 1.54) is 38.5 Å². The van der Waals surface area contributed by atoms with Gasteiger partial charge in [0.25, 0.3) is 11.8 Å². The highest BCUT2D eigenvalue weighted by atomic mass is 16.3. The van der Waals surface area contributed by atoms with Gasteiger partial charge in [-0.25, -0.2) is 0 Å². The average Bonchev–Trinajstić information content (AvgIpc) is 2.99. The van der Waals surface area contributed by atoms with Gasteiger partial charge in [0.1, 0.15) is 5.75 Å². The van der Waals surface area contributed by atoms with E-state index in [4.69, 9.17) is 0 Å². The molecule has 1 aliphatic heterocycles. The Kier molecular flexibility index (Phi) is 7.10. The van der Waals surface area contributed by atoms with Gasteiger partial charge in [0.2, 0.25) is 0 Å². The van der Waals surface area contributed by atoms with Gasteiger partial charge in [-0.05, 0) is 122 Å². The minimum absolute atomic E-state index is 0.0132. The molecule has 1 N–H and O–H groups in total. The van der Waals surface area contributed by atoms with Crippen molar-refractivity contribution in [2.75, 3.05) is 44.7 Å². The van der Waals surface area contributed by atoms with Crippen molar-refractivity contribution in [1.29, 1.82) is 0 Å². The third-order valence-corrected chi connectivity index (χ3v) is 10.5. The predicted octanol–water partition coefficient (Wildman–Crippen LogP) is 5.41. The Hall–Kier alpha value is -3.94. The van der Waals surface area contributed by atoms with Gasteiger partial charge in [-0.3, -0.25) is 9.59 Å². The Morgan fingerprint density at radius 3 is 2.21 bits per heavy atom. The number of carbonyl (C=O) groups is 2. The van der Waals surface area contributed by atoms with Gasteiger partial charge in [-0.2, -0.15) is 0 Å². The van der Waals surface area contributed by atoms with E-state index in [-0.39, 0.29) is 17.6 Å². The van der Waals surface area contributed by atoms with E-state index in [0.717, 1.165) is 46.8 Å². The highest BCUT2D eigenvalue weighted by molar-refractivity contribution is 5.95. The first-order valence-electron chi connectivity index (χ1n) is 15.8. The molecular formula is C35H41N5O3. The number of hydrogen-bond donors (Lipinski definition) is 1. The molecule has 3 aromatic rings. The second kappa shape index (κ2) is 11.0. The van der Waals surface area contributed by atoms with Gasteiger partial charge in [-0.15, -0.1) is 10.2 Å². The number of amides is 2. The van der Waals surface area contributed by atoms with E-state index in [1.807, 2.05) is 60.2 Å². The van der Waals surface area contributed by atoms with Crippen LogP contribution in [0.3, 0.4) is 0 Å². The van der Waals surface area contributed by atoms with Gasteiger partial charge in [0.15, 0.2) is 11.5 Å². The standard InChI is InChI=1S/C35H41N5O3/c1-23-14-28(6-7-30(23)27-4-3-5-29(41)18-27)33(42)40-12-10-39(11-13-40)32-9-8-31(36-37-32)34(43)38(2)22-35-19-24-15-25(20-35)17-26(16-24)21-35/h3-9,14,18,24-26,41H,10-13,15-17,19-22H2,1-2H3. The van der Waals surface area contributed by atoms with E-state index in [2.05, 4.69) is 15.1 Å². The van der Waals surface area contributed by atoms with Crippen LogP contribution in [0.15, 0.2) is 54.6 Å². The zero-order valence-electron chi connectivity index (χ0n) is 25.2. The van der Waals surface area contributed by atoms with Crippen LogP contribution in [-0.4, -0.2) is 76.7 Å². The summed E-state index contributed by atoms with van der Waals surface area (Å²) in [5.41, 5.74) is 4.27. The number of benzene rings is 2. The summed E-state index contributed by atoms with van der Waals surface area (Å²) in [7, 11) is 1.92. The molecule has 43 heavy (non-hydrogen) atoms. The fraction of sp³-hybridized carbons (Fsp3) is 0.486. The molecule has 2 amide bonds. The highest BCUT2D eigenvalue weighted by Gasteiger charge is 2.51.